The summed E-state index contributed by atoms with van der Waals surface area (Å²) in [7, 11) is 0. The van der Waals surface area contributed by atoms with Crippen LogP contribution in [0.1, 0.15) is 0 Å². The van der Waals surface area contributed by atoms with Crippen molar-refractivity contribution in [2.45, 2.75) is 0 Å². The van der Waals surface area contributed by atoms with Crippen molar-refractivity contribution in [1.29, 1.82) is 0 Å². The first-order valence-electron chi connectivity index (χ1n) is 18.5. The van der Waals surface area contributed by atoms with Gasteiger partial charge in [0, 0.05) is 27.5 Å². The van der Waals surface area contributed by atoms with Crippen molar-refractivity contribution in [1.82, 2.24) is 15.0 Å². The van der Waals surface area contributed by atoms with Crippen LogP contribution in [0.4, 0.5) is 0 Å². The van der Waals surface area contributed by atoms with Gasteiger partial charge in [-0.2, -0.15) is 0 Å². The number of furan rings is 1. The molecule has 55 heavy (non-hydrogen) atoms. The van der Waals surface area contributed by atoms with E-state index >= 15 is 0 Å². The Balaban J connectivity index is 1.05. The molecule has 2 heterocycles. The van der Waals surface area contributed by atoms with E-state index < -0.39 is 0 Å². The van der Waals surface area contributed by atoms with Crippen LogP contribution in [0.2, 0.25) is 0 Å². The molecule has 0 bridgehead atoms. The van der Waals surface area contributed by atoms with Gasteiger partial charge in [0.05, 0.1) is 0 Å². The molecule has 256 valence electrons. The smallest absolute Gasteiger partial charge is 0.164 e. The zero-order valence-corrected chi connectivity index (χ0v) is 29.6. The van der Waals surface area contributed by atoms with Crippen molar-refractivity contribution in [2.24, 2.45) is 0 Å². The average molecular weight is 702 g/mol. The van der Waals surface area contributed by atoms with E-state index in [9.17, 15) is 0 Å². The molecule has 0 N–H and O–H groups in total. The summed E-state index contributed by atoms with van der Waals surface area (Å²) in [6, 6.07) is 65.9. The fraction of sp³-hybridized carbons (Fsp3) is 0. The molecule has 0 radical (unpaired) electrons. The highest BCUT2D eigenvalue weighted by atomic mass is 16.3. The quantitative estimate of drug-likeness (QED) is 0.168. The molecule has 0 saturated heterocycles. The maximum absolute atomic E-state index is 6.23. The number of rotatable bonds is 5. The molecule has 0 fully saturated rings. The van der Waals surface area contributed by atoms with Crippen LogP contribution in [0.3, 0.4) is 0 Å². The van der Waals surface area contributed by atoms with E-state index in [-0.39, 0.29) is 0 Å². The molecule has 0 aliphatic rings. The first-order chi connectivity index (χ1) is 27.2. The largest absolute Gasteiger partial charge is 0.456 e. The molecular formula is C51H31N3O. The highest BCUT2D eigenvalue weighted by Gasteiger charge is 2.18. The van der Waals surface area contributed by atoms with Gasteiger partial charge in [0.2, 0.25) is 0 Å². The molecule has 4 heteroatoms. The number of para-hydroxylation sites is 1. The van der Waals surface area contributed by atoms with Crippen LogP contribution in [0.15, 0.2) is 192 Å². The number of hydrogen-bond donors (Lipinski definition) is 0. The number of nitrogens with zero attached hydrogens (tertiary/aromatic N) is 3. The minimum atomic E-state index is 0.605. The lowest BCUT2D eigenvalue weighted by atomic mass is 9.90. The lowest BCUT2D eigenvalue weighted by Crippen LogP contribution is -2.00. The Bertz CT molecular complexity index is 3240. The predicted octanol–water partition coefficient (Wildman–Crippen LogP) is 13.6. The molecule has 0 atom stereocenters. The lowest BCUT2D eigenvalue weighted by Gasteiger charge is -2.14. The van der Waals surface area contributed by atoms with Gasteiger partial charge in [-0.1, -0.05) is 170 Å². The average Bonchev–Trinajstić information content (AvgIpc) is 3.65. The van der Waals surface area contributed by atoms with E-state index in [2.05, 4.69) is 127 Å². The van der Waals surface area contributed by atoms with Crippen molar-refractivity contribution in [3.05, 3.63) is 188 Å². The molecule has 11 rings (SSSR count). The van der Waals surface area contributed by atoms with Crippen LogP contribution in [-0.2, 0) is 0 Å². The highest BCUT2D eigenvalue weighted by molar-refractivity contribution is 6.24. The van der Waals surface area contributed by atoms with Gasteiger partial charge >= 0.3 is 0 Å². The van der Waals surface area contributed by atoms with E-state index in [1.54, 1.807) is 0 Å². The third-order valence-electron chi connectivity index (χ3n) is 10.7. The van der Waals surface area contributed by atoms with E-state index in [1.807, 2.05) is 60.7 Å². The Morgan fingerprint density at radius 2 is 0.836 bits per heavy atom. The fourth-order valence-corrected chi connectivity index (χ4v) is 8.07. The Labute approximate surface area is 317 Å². The van der Waals surface area contributed by atoms with Gasteiger partial charge in [0.25, 0.3) is 0 Å². The van der Waals surface area contributed by atoms with Crippen molar-refractivity contribution in [2.75, 3.05) is 0 Å². The maximum atomic E-state index is 6.23. The van der Waals surface area contributed by atoms with E-state index in [0.29, 0.717) is 17.5 Å². The summed E-state index contributed by atoms with van der Waals surface area (Å²) in [4.78, 5) is 15.2. The van der Waals surface area contributed by atoms with E-state index in [0.717, 1.165) is 49.8 Å². The van der Waals surface area contributed by atoms with E-state index in [4.69, 9.17) is 19.4 Å². The number of hydrogen-bond acceptors (Lipinski definition) is 4. The Morgan fingerprint density at radius 1 is 0.291 bits per heavy atom. The minimum Gasteiger partial charge on any atom is -0.456 e. The van der Waals surface area contributed by atoms with Gasteiger partial charge in [-0.05, 0) is 72.8 Å². The van der Waals surface area contributed by atoms with Crippen LogP contribution in [0.25, 0.3) is 111 Å². The summed E-state index contributed by atoms with van der Waals surface area (Å²) in [5.41, 5.74) is 9.14. The molecule has 11 aromatic rings. The normalized spacial score (nSPS) is 11.6. The van der Waals surface area contributed by atoms with Crippen LogP contribution >= 0.6 is 0 Å². The van der Waals surface area contributed by atoms with Gasteiger partial charge in [0.1, 0.15) is 11.2 Å². The topological polar surface area (TPSA) is 51.8 Å². The minimum absolute atomic E-state index is 0.605. The Morgan fingerprint density at radius 3 is 1.62 bits per heavy atom. The zero-order chi connectivity index (χ0) is 36.3. The standard InChI is InChI=1S/C51H31N3O/c1-3-11-33(12-4-1)40-17-9-15-35-26-27-36-25-23-34-24-30-39(31-43(34)47(36)46(35)40)32-21-28-38(29-22-32)50-52-49(37-13-5-2-6-14-37)53-51(54-50)42-18-10-20-45-48(42)41-16-7-8-19-44(41)55-45/h1-31H. The highest BCUT2D eigenvalue weighted by Crippen LogP contribution is 2.40. The molecule has 0 aliphatic heterocycles. The fourth-order valence-electron chi connectivity index (χ4n) is 8.07. The van der Waals surface area contributed by atoms with E-state index in [1.165, 1.54) is 43.4 Å². The molecule has 0 spiro atoms. The summed E-state index contributed by atoms with van der Waals surface area (Å²) in [6.07, 6.45) is 0. The van der Waals surface area contributed by atoms with Gasteiger partial charge in [-0.25, -0.2) is 15.0 Å². The molecule has 0 aliphatic carbocycles. The van der Waals surface area contributed by atoms with Crippen molar-refractivity contribution < 1.29 is 4.42 Å². The van der Waals surface area contributed by atoms with Crippen LogP contribution in [0.5, 0.6) is 0 Å². The van der Waals surface area contributed by atoms with Gasteiger partial charge < -0.3 is 4.42 Å². The van der Waals surface area contributed by atoms with Crippen molar-refractivity contribution >= 4 is 54.3 Å². The molecule has 4 nitrogen and oxygen atoms in total. The molecule has 9 aromatic carbocycles. The zero-order valence-electron chi connectivity index (χ0n) is 29.6. The second kappa shape index (κ2) is 12.6. The molecular weight excluding hydrogens is 671 g/mol. The molecule has 0 amide bonds. The summed E-state index contributed by atoms with van der Waals surface area (Å²) in [5, 5.41) is 9.51. The number of aromatic nitrogens is 3. The first kappa shape index (κ1) is 31.1. The third-order valence-corrected chi connectivity index (χ3v) is 10.7. The Kier molecular flexibility index (Phi) is 7.14. The first-order valence-corrected chi connectivity index (χ1v) is 18.5. The summed E-state index contributed by atoms with van der Waals surface area (Å²) in [5.74, 6) is 1.84. The SMILES string of the molecule is c1ccc(-c2nc(-c3ccc(-c4ccc5ccc6ccc7cccc(-c8ccccc8)c7c6c5c4)cc3)nc(-c3cccc4oc5ccccc5c34)n2)cc1. The Hall–Kier alpha value is -7.43. The molecule has 0 unspecified atom stereocenters. The second-order valence-electron chi connectivity index (χ2n) is 14.0. The molecule has 2 aromatic heterocycles. The van der Waals surface area contributed by atoms with Crippen LogP contribution in [-0.4, -0.2) is 15.0 Å². The molecule has 0 saturated carbocycles. The van der Waals surface area contributed by atoms with Gasteiger partial charge in [0.15, 0.2) is 17.5 Å². The number of benzene rings is 9. The summed E-state index contributed by atoms with van der Waals surface area (Å²) in [6.45, 7) is 0. The van der Waals surface area contributed by atoms with Crippen molar-refractivity contribution in [3.8, 4) is 56.4 Å². The van der Waals surface area contributed by atoms with Crippen molar-refractivity contribution in [3.63, 3.8) is 0 Å². The van der Waals surface area contributed by atoms with Gasteiger partial charge in [-0.15, -0.1) is 0 Å². The third kappa shape index (κ3) is 5.26. The summed E-state index contributed by atoms with van der Waals surface area (Å²) < 4.78 is 6.23. The van der Waals surface area contributed by atoms with Gasteiger partial charge in [-0.3, -0.25) is 0 Å². The monoisotopic (exact) mass is 701 g/mol. The summed E-state index contributed by atoms with van der Waals surface area (Å²) >= 11 is 0. The lowest BCUT2D eigenvalue weighted by molar-refractivity contribution is 0.669. The van der Waals surface area contributed by atoms with Crippen LogP contribution < -0.4 is 0 Å². The predicted molar refractivity (Wildman–Crippen MR) is 227 cm³/mol. The number of fused-ring (bicyclic) bond motifs is 8. The maximum Gasteiger partial charge on any atom is 0.164 e. The van der Waals surface area contributed by atoms with Crippen LogP contribution in [0, 0.1) is 0 Å². The second-order valence-corrected chi connectivity index (χ2v) is 14.0.